The van der Waals surface area contributed by atoms with Gasteiger partial charge in [-0.15, -0.1) is 0 Å². The van der Waals surface area contributed by atoms with E-state index in [1.54, 1.807) is 5.57 Å². The zero-order valence-electron chi connectivity index (χ0n) is 8.56. The Labute approximate surface area is 76.4 Å². The lowest BCUT2D eigenvalue weighted by molar-refractivity contribution is 0.572. The zero-order chi connectivity index (χ0) is 8.97. The highest BCUT2D eigenvalue weighted by atomic mass is 14.2. The van der Waals surface area contributed by atoms with Gasteiger partial charge in [0, 0.05) is 0 Å². The first-order valence-corrected chi connectivity index (χ1v) is 5.12. The Hall–Kier alpha value is -0.520. The molecule has 0 aromatic rings. The second-order valence-corrected chi connectivity index (χ2v) is 3.84. The van der Waals surface area contributed by atoms with Crippen molar-refractivity contribution in [2.24, 2.45) is 5.92 Å². The summed E-state index contributed by atoms with van der Waals surface area (Å²) in [6.07, 6.45) is 9.77. The lowest BCUT2D eigenvalue weighted by Gasteiger charge is -2.19. The summed E-state index contributed by atoms with van der Waals surface area (Å²) in [5, 5.41) is 0. The minimum absolute atomic E-state index is 0.806. The van der Waals surface area contributed by atoms with E-state index >= 15 is 0 Å². The molecule has 0 heteroatoms. The molecule has 1 rings (SSSR count). The molecule has 0 nitrogen and oxygen atoms in total. The van der Waals surface area contributed by atoms with Gasteiger partial charge in [-0.1, -0.05) is 43.6 Å². The fourth-order valence-corrected chi connectivity index (χ4v) is 2.05. The Kier molecular flexibility index (Phi) is 3.58. The van der Waals surface area contributed by atoms with E-state index in [0.717, 1.165) is 5.92 Å². The van der Waals surface area contributed by atoms with Crippen molar-refractivity contribution in [1.82, 2.24) is 0 Å². The van der Waals surface area contributed by atoms with Crippen LogP contribution in [0.4, 0.5) is 0 Å². The first-order valence-electron chi connectivity index (χ1n) is 5.12. The van der Waals surface area contributed by atoms with Crippen molar-refractivity contribution in [3.63, 3.8) is 0 Å². The molecule has 0 spiro atoms. The highest BCUT2D eigenvalue weighted by Gasteiger charge is 2.11. The van der Waals surface area contributed by atoms with Crippen LogP contribution in [0.1, 0.15) is 46.5 Å². The molecular weight excluding hydrogens is 144 g/mol. The monoisotopic (exact) mass is 164 g/mol. The number of hydrogen-bond donors (Lipinski definition) is 0. The summed E-state index contributed by atoms with van der Waals surface area (Å²) in [5.41, 5.74) is 3.21. The van der Waals surface area contributed by atoms with Crippen LogP contribution >= 0.6 is 0 Å². The largest absolute Gasteiger partial charge is 0.0840 e. The van der Waals surface area contributed by atoms with Gasteiger partial charge in [-0.05, 0) is 32.1 Å². The third kappa shape index (κ3) is 2.23. The van der Waals surface area contributed by atoms with Gasteiger partial charge < -0.3 is 0 Å². The predicted octanol–water partition coefficient (Wildman–Crippen LogP) is 4.09. The molecule has 1 unspecified atom stereocenters. The van der Waals surface area contributed by atoms with E-state index < -0.39 is 0 Å². The maximum atomic E-state index is 2.36. The van der Waals surface area contributed by atoms with Crippen molar-refractivity contribution in [2.45, 2.75) is 46.5 Å². The summed E-state index contributed by atoms with van der Waals surface area (Å²) in [6, 6.07) is 0. The molecule has 0 heterocycles. The summed E-state index contributed by atoms with van der Waals surface area (Å²) in [4.78, 5) is 0. The first-order chi connectivity index (χ1) is 5.75. The van der Waals surface area contributed by atoms with Gasteiger partial charge in [-0.3, -0.25) is 0 Å². The van der Waals surface area contributed by atoms with Crippen LogP contribution < -0.4 is 0 Å². The van der Waals surface area contributed by atoms with Crippen LogP contribution in [0.5, 0.6) is 0 Å². The Morgan fingerprint density at radius 1 is 1.50 bits per heavy atom. The van der Waals surface area contributed by atoms with E-state index in [1.807, 2.05) is 0 Å². The van der Waals surface area contributed by atoms with Crippen molar-refractivity contribution in [3.8, 4) is 0 Å². The van der Waals surface area contributed by atoms with Crippen molar-refractivity contribution < 1.29 is 0 Å². The van der Waals surface area contributed by atoms with Crippen LogP contribution in [-0.2, 0) is 0 Å². The molecule has 0 aliphatic heterocycles. The number of rotatable bonds is 3. The van der Waals surface area contributed by atoms with Gasteiger partial charge in [-0.2, -0.15) is 0 Å². The van der Waals surface area contributed by atoms with Crippen LogP contribution in [0.25, 0.3) is 0 Å². The van der Waals surface area contributed by atoms with Crippen molar-refractivity contribution in [2.75, 3.05) is 0 Å². The van der Waals surface area contributed by atoms with Crippen LogP contribution in [0, 0.1) is 5.92 Å². The summed E-state index contributed by atoms with van der Waals surface area (Å²) in [6.45, 7) is 6.88. The summed E-state index contributed by atoms with van der Waals surface area (Å²) in [7, 11) is 0. The average molecular weight is 164 g/mol. The zero-order valence-corrected chi connectivity index (χ0v) is 8.56. The van der Waals surface area contributed by atoms with Crippen LogP contribution in [0.15, 0.2) is 23.3 Å². The highest BCUT2D eigenvalue weighted by Crippen LogP contribution is 2.27. The molecule has 0 N–H and O–H groups in total. The fourth-order valence-electron chi connectivity index (χ4n) is 2.05. The Morgan fingerprint density at radius 3 is 2.83 bits per heavy atom. The topological polar surface area (TPSA) is 0 Å². The SMILES string of the molecule is CCCC(C)C1=C(C)C=CCC1. The minimum atomic E-state index is 0.806. The third-order valence-corrected chi connectivity index (χ3v) is 2.77. The molecule has 0 amide bonds. The molecule has 68 valence electrons. The molecule has 0 radical (unpaired) electrons. The van der Waals surface area contributed by atoms with E-state index in [0.29, 0.717) is 0 Å². The Balaban J connectivity index is 2.64. The average Bonchev–Trinajstić information content (AvgIpc) is 2.05. The fraction of sp³-hybridized carbons (Fsp3) is 0.667. The van der Waals surface area contributed by atoms with E-state index in [4.69, 9.17) is 0 Å². The number of hydrogen-bond acceptors (Lipinski definition) is 0. The second kappa shape index (κ2) is 4.49. The standard InChI is InChI=1S/C12H20/c1-4-7-10(2)12-9-6-5-8-11(12)3/h5,8,10H,4,6-7,9H2,1-3H3. The molecule has 1 aliphatic rings. The molecular formula is C12H20. The smallest absolute Gasteiger partial charge is 0.0226 e. The minimum Gasteiger partial charge on any atom is -0.0840 e. The van der Waals surface area contributed by atoms with Gasteiger partial charge in [-0.25, -0.2) is 0 Å². The number of allylic oxidation sites excluding steroid dienone is 4. The molecule has 0 fully saturated rings. The maximum absolute atomic E-state index is 2.36. The normalized spacial score (nSPS) is 19.9. The lowest BCUT2D eigenvalue weighted by Crippen LogP contribution is -2.03. The van der Waals surface area contributed by atoms with Crippen molar-refractivity contribution in [1.29, 1.82) is 0 Å². The molecule has 1 atom stereocenters. The molecule has 0 saturated heterocycles. The summed E-state index contributed by atoms with van der Waals surface area (Å²) in [5.74, 6) is 0.806. The summed E-state index contributed by atoms with van der Waals surface area (Å²) >= 11 is 0. The predicted molar refractivity (Wildman–Crippen MR) is 55.1 cm³/mol. The molecule has 0 bridgehead atoms. The van der Waals surface area contributed by atoms with Crippen LogP contribution in [-0.4, -0.2) is 0 Å². The van der Waals surface area contributed by atoms with Gasteiger partial charge >= 0.3 is 0 Å². The molecule has 1 aliphatic carbocycles. The van der Waals surface area contributed by atoms with Gasteiger partial charge in [0.25, 0.3) is 0 Å². The maximum Gasteiger partial charge on any atom is -0.0226 e. The summed E-state index contributed by atoms with van der Waals surface area (Å²) < 4.78 is 0. The van der Waals surface area contributed by atoms with Crippen molar-refractivity contribution in [3.05, 3.63) is 23.3 Å². The molecule has 0 aromatic heterocycles. The highest BCUT2D eigenvalue weighted by molar-refractivity contribution is 5.28. The third-order valence-electron chi connectivity index (χ3n) is 2.77. The van der Waals surface area contributed by atoms with E-state index in [2.05, 4.69) is 32.9 Å². The van der Waals surface area contributed by atoms with E-state index in [9.17, 15) is 0 Å². The quantitative estimate of drug-likeness (QED) is 0.589. The van der Waals surface area contributed by atoms with Crippen molar-refractivity contribution >= 4 is 0 Å². The van der Waals surface area contributed by atoms with Gasteiger partial charge in [0.05, 0.1) is 0 Å². The first kappa shape index (κ1) is 9.57. The van der Waals surface area contributed by atoms with Gasteiger partial charge in [0.1, 0.15) is 0 Å². The Morgan fingerprint density at radius 2 is 2.25 bits per heavy atom. The van der Waals surface area contributed by atoms with Crippen LogP contribution in [0.3, 0.4) is 0 Å². The van der Waals surface area contributed by atoms with Crippen LogP contribution in [0.2, 0.25) is 0 Å². The van der Waals surface area contributed by atoms with E-state index in [-0.39, 0.29) is 0 Å². The molecule has 12 heavy (non-hydrogen) atoms. The second-order valence-electron chi connectivity index (χ2n) is 3.84. The molecule has 0 saturated carbocycles. The lowest BCUT2D eigenvalue weighted by atomic mass is 9.86. The van der Waals surface area contributed by atoms with Gasteiger partial charge in [0.2, 0.25) is 0 Å². The van der Waals surface area contributed by atoms with E-state index in [1.165, 1.54) is 31.3 Å². The van der Waals surface area contributed by atoms with Gasteiger partial charge in [0.15, 0.2) is 0 Å². The molecule has 0 aromatic carbocycles. The Bertz CT molecular complexity index is 196.